The molecule has 0 saturated heterocycles. The van der Waals surface area contributed by atoms with Crippen LogP contribution >= 0.6 is 12.6 Å². The van der Waals surface area contributed by atoms with Gasteiger partial charge in [-0.25, -0.2) is 0 Å². The Bertz CT molecular complexity index is 138. The molecule has 1 radical (unpaired) electrons. The Hall–Kier alpha value is 0.167. The Morgan fingerprint density at radius 1 is 1.38 bits per heavy atom. The fourth-order valence-corrected chi connectivity index (χ4v) is 0.544. The van der Waals surface area contributed by atoms with Crippen molar-refractivity contribution < 1.29 is 0 Å². The first-order valence-electron chi connectivity index (χ1n) is 2.05. The Balaban J connectivity index is 0.000000490. The molecule has 0 atom stereocenters. The first-order valence-corrected chi connectivity index (χ1v) is 2.50. The third kappa shape index (κ3) is 2.47. The standard InChI is InChI=1S/C6H5S.Li.H/c7-6-4-2-1-3-5-6;;/h1-4,7H;;. The van der Waals surface area contributed by atoms with E-state index in [9.17, 15) is 0 Å². The van der Waals surface area contributed by atoms with Gasteiger partial charge in [-0.15, -0.1) is 12.6 Å². The maximum absolute atomic E-state index is 4.03. The van der Waals surface area contributed by atoms with Crippen LogP contribution in [0.15, 0.2) is 29.2 Å². The van der Waals surface area contributed by atoms with Crippen LogP contribution in [0.25, 0.3) is 0 Å². The van der Waals surface area contributed by atoms with Crippen molar-refractivity contribution in [2.45, 2.75) is 4.90 Å². The molecule has 0 spiro atoms. The molecule has 0 unspecified atom stereocenters. The molecule has 1 rings (SSSR count). The topological polar surface area (TPSA) is 0 Å². The van der Waals surface area contributed by atoms with Gasteiger partial charge in [0.2, 0.25) is 0 Å². The van der Waals surface area contributed by atoms with Gasteiger partial charge in [0.15, 0.2) is 0 Å². The van der Waals surface area contributed by atoms with Crippen LogP contribution in [-0.2, 0) is 0 Å². The summed E-state index contributed by atoms with van der Waals surface area (Å²) in [7, 11) is 0. The summed E-state index contributed by atoms with van der Waals surface area (Å²) in [6, 6.07) is 10.5. The van der Waals surface area contributed by atoms with Crippen LogP contribution in [0.5, 0.6) is 0 Å². The van der Waals surface area contributed by atoms with Gasteiger partial charge >= 0.3 is 18.9 Å². The molecule has 2 heteroatoms. The SMILES string of the molecule is Sc1[c]cccc1.[LiH]. The van der Waals surface area contributed by atoms with Gasteiger partial charge in [0.05, 0.1) is 0 Å². The molecule has 0 fully saturated rings. The molecule has 0 heterocycles. The summed E-state index contributed by atoms with van der Waals surface area (Å²) >= 11 is 4.03. The number of rotatable bonds is 0. The zero-order chi connectivity index (χ0) is 5.11. The number of hydrogen-bond acceptors (Lipinski definition) is 1. The first-order chi connectivity index (χ1) is 3.39. The number of hydrogen-bond donors (Lipinski definition) is 1. The molecule has 8 heavy (non-hydrogen) atoms. The van der Waals surface area contributed by atoms with E-state index >= 15 is 0 Å². The fourth-order valence-electron chi connectivity index (χ4n) is 0.384. The van der Waals surface area contributed by atoms with Gasteiger partial charge in [-0.05, 0) is 12.1 Å². The van der Waals surface area contributed by atoms with Crippen LogP contribution in [0.4, 0.5) is 0 Å². The van der Waals surface area contributed by atoms with Crippen molar-refractivity contribution in [1.29, 1.82) is 0 Å². The van der Waals surface area contributed by atoms with Crippen molar-refractivity contribution in [3.05, 3.63) is 30.3 Å². The quantitative estimate of drug-likeness (QED) is 0.382. The second-order valence-corrected chi connectivity index (χ2v) is 1.73. The molecule has 0 aromatic heterocycles. The predicted octanol–water partition coefficient (Wildman–Crippen LogP) is 1.13. The van der Waals surface area contributed by atoms with E-state index in [0.717, 1.165) is 4.90 Å². The van der Waals surface area contributed by atoms with Crippen LogP contribution in [0.2, 0.25) is 0 Å². The van der Waals surface area contributed by atoms with Gasteiger partial charge in [0.1, 0.15) is 0 Å². The molecule has 0 saturated carbocycles. The van der Waals surface area contributed by atoms with Crippen LogP contribution in [0.3, 0.4) is 0 Å². The van der Waals surface area contributed by atoms with Crippen molar-refractivity contribution >= 4 is 31.5 Å². The summed E-state index contributed by atoms with van der Waals surface area (Å²) in [5, 5.41) is 0. The third-order valence-corrected chi connectivity index (χ3v) is 0.971. The Morgan fingerprint density at radius 3 is 2.38 bits per heavy atom. The Labute approximate surface area is 66.9 Å². The second-order valence-electron chi connectivity index (χ2n) is 1.25. The molecular weight excluding hydrogens is 111 g/mol. The summed E-state index contributed by atoms with van der Waals surface area (Å²) in [6.07, 6.45) is 0. The molecule has 1 aromatic carbocycles. The van der Waals surface area contributed by atoms with E-state index in [4.69, 9.17) is 0 Å². The molecule has 0 N–H and O–H groups in total. The average molecular weight is 117 g/mol. The summed E-state index contributed by atoms with van der Waals surface area (Å²) in [5.74, 6) is 0. The van der Waals surface area contributed by atoms with Crippen molar-refractivity contribution in [2.75, 3.05) is 0 Å². The van der Waals surface area contributed by atoms with E-state index in [-0.39, 0.29) is 18.9 Å². The van der Waals surface area contributed by atoms with Crippen LogP contribution in [-0.4, -0.2) is 18.9 Å². The van der Waals surface area contributed by atoms with Gasteiger partial charge < -0.3 is 0 Å². The summed E-state index contributed by atoms with van der Waals surface area (Å²) < 4.78 is 0. The Morgan fingerprint density at radius 2 is 2.12 bits per heavy atom. The molecule has 0 aliphatic carbocycles. The molecule has 0 amide bonds. The normalized spacial score (nSPS) is 7.62. The second kappa shape index (κ2) is 4.09. The molecule has 0 bridgehead atoms. The van der Waals surface area contributed by atoms with Crippen LogP contribution in [0.1, 0.15) is 0 Å². The molecular formula is C6H6LiS. The van der Waals surface area contributed by atoms with Crippen molar-refractivity contribution in [3.63, 3.8) is 0 Å². The van der Waals surface area contributed by atoms with Gasteiger partial charge in [-0.3, -0.25) is 0 Å². The molecule has 0 aliphatic heterocycles. The van der Waals surface area contributed by atoms with E-state index in [1.807, 2.05) is 24.3 Å². The monoisotopic (exact) mass is 117 g/mol. The van der Waals surface area contributed by atoms with Crippen molar-refractivity contribution in [1.82, 2.24) is 0 Å². The molecule has 37 valence electrons. The third-order valence-electron chi connectivity index (χ3n) is 0.693. The molecule has 0 nitrogen and oxygen atoms in total. The minimum absolute atomic E-state index is 0. The average Bonchev–Trinajstić information content (AvgIpc) is 1.69. The molecule has 0 aliphatic rings. The summed E-state index contributed by atoms with van der Waals surface area (Å²) in [6.45, 7) is 0. The van der Waals surface area contributed by atoms with Crippen molar-refractivity contribution in [3.8, 4) is 0 Å². The van der Waals surface area contributed by atoms with E-state index in [2.05, 4.69) is 18.7 Å². The van der Waals surface area contributed by atoms with Crippen LogP contribution in [0, 0.1) is 6.07 Å². The van der Waals surface area contributed by atoms with Gasteiger partial charge in [-0.2, -0.15) is 0 Å². The summed E-state index contributed by atoms with van der Waals surface area (Å²) in [4.78, 5) is 0.891. The van der Waals surface area contributed by atoms with Gasteiger partial charge in [0.25, 0.3) is 0 Å². The van der Waals surface area contributed by atoms with Gasteiger partial charge in [-0.1, -0.05) is 18.2 Å². The van der Waals surface area contributed by atoms with E-state index in [0.29, 0.717) is 0 Å². The number of thiol groups is 1. The minimum atomic E-state index is 0. The van der Waals surface area contributed by atoms with E-state index in [1.54, 1.807) is 0 Å². The Kier molecular flexibility index (Phi) is 4.17. The predicted molar refractivity (Wildman–Crippen MR) is 39.7 cm³/mol. The van der Waals surface area contributed by atoms with E-state index in [1.165, 1.54) is 0 Å². The maximum atomic E-state index is 4.03. The van der Waals surface area contributed by atoms with Crippen molar-refractivity contribution in [2.24, 2.45) is 0 Å². The summed E-state index contributed by atoms with van der Waals surface area (Å²) in [5.41, 5.74) is 0. The fraction of sp³-hybridized carbons (Fsp3) is 0. The zero-order valence-electron chi connectivity index (χ0n) is 3.76. The van der Waals surface area contributed by atoms with Crippen LogP contribution < -0.4 is 0 Å². The first kappa shape index (κ1) is 8.17. The zero-order valence-corrected chi connectivity index (χ0v) is 4.65. The number of benzene rings is 1. The van der Waals surface area contributed by atoms with Gasteiger partial charge in [0, 0.05) is 4.90 Å². The van der Waals surface area contributed by atoms with E-state index < -0.39 is 0 Å². The molecule has 1 aromatic rings.